The Kier molecular flexibility index (Phi) is 5.41. The Labute approximate surface area is 136 Å². The van der Waals surface area contributed by atoms with Crippen molar-refractivity contribution in [3.05, 3.63) is 63.7 Å². The normalized spacial score (nSPS) is 10.3. The third kappa shape index (κ3) is 3.58. The van der Waals surface area contributed by atoms with E-state index in [1.165, 1.54) is 13.2 Å². The molecule has 2 rings (SSSR count). The number of benzene rings is 2. The summed E-state index contributed by atoms with van der Waals surface area (Å²) in [5.41, 5.74) is 0.993. The van der Waals surface area contributed by atoms with Gasteiger partial charge in [0.25, 0.3) is 5.69 Å². The summed E-state index contributed by atoms with van der Waals surface area (Å²) in [4.78, 5) is 23.5. The van der Waals surface area contributed by atoms with Crippen LogP contribution in [0, 0.1) is 10.1 Å². The molecule has 0 spiro atoms. The highest BCUT2D eigenvalue weighted by atomic mass is 35.5. The number of rotatable bonds is 5. The molecule has 0 aliphatic heterocycles. The maximum atomic E-state index is 11.8. The number of carbonyl (C=O) groups is 1. The average Bonchev–Trinajstić information content (AvgIpc) is 2.54. The number of ether oxygens (including phenoxy) is 1. The molecule has 0 saturated carbocycles. The van der Waals surface area contributed by atoms with Crippen LogP contribution in [-0.2, 0) is 10.6 Å². The standard InChI is InChI=1S/C15H12ClNO4S/c1-21-15(18)11-4-2-3-5-13(11)22-14-7-6-10(9-16)8-12(14)17(19)20/h2-8H,9H2,1H3. The van der Waals surface area contributed by atoms with E-state index in [0.29, 0.717) is 20.9 Å². The fourth-order valence-electron chi connectivity index (χ4n) is 1.83. The Hall–Kier alpha value is -2.05. The SMILES string of the molecule is COC(=O)c1ccccc1Sc1ccc(CCl)cc1[N+](=O)[O-]. The molecule has 0 heterocycles. The van der Waals surface area contributed by atoms with E-state index in [0.717, 1.165) is 11.8 Å². The van der Waals surface area contributed by atoms with Crippen LogP contribution in [0.15, 0.2) is 52.3 Å². The molecule has 5 nitrogen and oxygen atoms in total. The van der Waals surface area contributed by atoms with Gasteiger partial charge in [-0.15, -0.1) is 11.6 Å². The molecular formula is C15H12ClNO4S. The Morgan fingerprint density at radius 2 is 2.00 bits per heavy atom. The highest BCUT2D eigenvalue weighted by Crippen LogP contribution is 2.37. The Balaban J connectivity index is 2.43. The monoisotopic (exact) mass is 337 g/mol. The average molecular weight is 338 g/mol. The van der Waals surface area contributed by atoms with Crippen LogP contribution in [0.5, 0.6) is 0 Å². The van der Waals surface area contributed by atoms with E-state index in [4.69, 9.17) is 16.3 Å². The van der Waals surface area contributed by atoms with Crippen LogP contribution in [0.25, 0.3) is 0 Å². The molecule has 7 heteroatoms. The largest absolute Gasteiger partial charge is 0.465 e. The number of hydrogen-bond donors (Lipinski definition) is 0. The van der Waals surface area contributed by atoms with Gasteiger partial charge in [0.15, 0.2) is 0 Å². The van der Waals surface area contributed by atoms with E-state index in [1.807, 2.05) is 0 Å². The molecule has 0 N–H and O–H groups in total. The summed E-state index contributed by atoms with van der Waals surface area (Å²) in [6, 6.07) is 11.6. The van der Waals surface area contributed by atoms with Crippen molar-refractivity contribution in [3.8, 4) is 0 Å². The first-order chi connectivity index (χ1) is 10.6. The van der Waals surface area contributed by atoms with Crippen LogP contribution in [0.3, 0.4) is 0 Å². The van der Waals surface area contributed by atoms with Gasteiger partial charge in [-0.25, -0.2) is 4.79 Å². The lowest BCUT2D eigenvalue weighted by Gasteiger charge is -2.08. The molecule has 0 aliphatic rings. The van der Waals surface area contributed by atoms with Crippen LogP contribution in [0.4, 0.5) is 5.69 Å². The number of halogens is 1. The van der Waals surface area contributed by atoms with Crippen molar-refractivity contribution in [1.29, 1.82) is 0 Å². The number of nitro benzene ring substituents is 1. The number of nitro groups is 1. The summed E-state index contributed by atoms with van der Waals surface area (Å²) >= 11 is 6.86. The summed E-state index contributed by atoms with van der Waals surface area (Å²) in [5, 5.41) is 11.2. The fourth-order valence-corrected chi connectivity index (χ4v) is 3.01. The van der Waals surface area contributed by atoms with Gasteiger partial charge in [0.05, 0.1) is 22.5 Å². The van der Waals surface area contributed by atoms with Crippen LogP contribution in [-0.4, -0.2) is 18.0 Å². The van der Waals surface area contributed by atoms with Crippen molar-refractivity contribution >= 4 is 35.0 Å². The quantitative estimate of drug-likeness (QED) is 0.352. The van der Waals surface area contributed by atoms with E-state index >= 15 is 0 Å². The second-order valence-electron chi connectivity index (χ2n) is 4.28. The van der Waals surface area contributed by atoms with Crippen molar-refractivity contribution in [2.24, 2.45) is 0 Å². The zero-order valence-electron chi connectivity index (χ0n) is 11.6. The van der Waals surface area contributed by atoms with E-state index in [2.05, 4.69) is 0 Å². The molecule has 0 aromatic heterocycles. The molecule has 0 radical (unpaired) electrons. The summed E-state index contributed by atoms with van der Waals surface area (Å²) < 4.78 is 4.73. The maximum Gasteiger partial charge on any atom is 0.339 e. The molecule has 0 amide bonds. The summed E-state index contributed by atoms with van der Waals surface area (Å²) in [7, 11) is 1.29. The van der Waals surface area contributed by atoms with E-state index in [9.17, 15) is 14.9 Å². The van der Waals surface area contributed by atoms with E-state index in [-0.39, 0.29) is 11.6 Å². The third-order valence-electron chi connectivity index (χ3n) is 2.89. The number of nitrogens with zero attached hydrogens (tertiary/aromatic N) is 1. The van der Waals surface area contributed by atoms with Gasteiger partial charge in [-0.05, 0) is 23.8 Å². The Bertz CT molecular complexity index is 720. The molecular weight excluding hydrogens is 326 g/mol. The fraction of sp³-hybridized carbons (Fsp3) is 0.133. The van der Waals surface area contributed by atoms with Gasteiger partial charge in [-0.1, -0.05) is 30.0 Å². The lowest BCUT2D eigenvalue weighted by atomic mass is 10.2. The first-order valence-corrected chi connectivity index (χ1v) is 7.60. The summed E-state index contributed by atoms with van der Waals surface area (Å²) in [6.07, 6.45) is 0. The van der Waals surface area contributed by atoms with Crippen molar-refractivity contribution in [2.75, 3.05) is 7.11 Å². The van der Waals surface area contributed by atoms with Gasteiger partial charge >= 0.3 is 5.97 Å². The first-order valence-electron chi connectivity index (χ1n) is 6.25. The Morgan fingerprint density at radius 3 is 2.64 bits per heavy atom. The number of methoxy groups -OCH3 is 1. The van der Waals surface area contributed by atoms with Crippen molar-refractivity contribution in [2.45, 2.75) is 15.7 Å². The first kappa shape index (κ1) is 16.3. The van der Waals surface area contributed by atoms with Crippen LogP contribution in [0.2, 0.25) is 0 Å². The van der Waals surface area contributed by atoms with Gasteiger partial charge in [0, 0.05) is 16.8 Å². The number of esters is 1. The molecule has 0 atom stereocenters. The smallest absolute Gasteiger partial charge is 0.339 e. The lowest BCUT2D eigenvalue weighted by molar-refractivity contribution is -0.387. The molecule has 2 aromatic rings. The maximum absolute atomic E-state index is 11.8. The summed E-state index contributed by atoms with van der Waals surface area (Å²) in [6.45, 7) is 0. The minimum absolute atomic E-state index is 0.0391. The number of carbonyl (C=O) groups excluding carboxylic acids is 1. The zero-order valence-corrected chi connectivity index (χ0v) is 13.2. The minimum Gasteiger partial charge on any atom is -0.465 e. The van der Waals surface area contributed by atoms with Crippen LogP contribution < -0.4 is 0 Å². The van der Waals surface area contributed by atoms with Crippen molar-refractivity contribution in [1.82, 2.24) is 0 Å². The van der Waals surface area contributed by atoms with E-state index in [1.54, 1.807) is 36.4 Å². The van der Waals surface area contributed by atoms with Crippen molar-refractivity contribution < 1.29 is 14.5 Å². The second kappa shape index (κ2) is 7.29. The number of hydrogen-bond acceptors (Lipinski definition) is 5. The molecule has 2 aromatic carbocycles. The van der Waals surface area contributed by atoms with Crippen molar-refractivity contribution in [3.63, 3.8) is 0 Å². The molecule has 0 unspecified atom stereocenters. The Morgan fingerprint density at radius 1 is 1.27 bits per heavy atom. The molecule has 0 fully saturated rings. The highest BCUT2D eigenvalue weighted by Gasteiger charge is 2.19. The third-order valence-corrected chi connectivity index (χ3v) is 4.34. The van der Waals surface area contributed by atoms with Gasteiger partial charge in [0.2, 0.25) is 0 Å². The van der Waals surface area contributed by atoms with Gasteiger partial charge in [-0.3, -0.25) is 10.1 Å². The van der Waals surface area contributed by atoms with Crippen LogP contribution >= 0.6 is 23.4 Å². The molecule has 0 aliphatic carbocycles. The second-order valence-corrected chi connectivity index (χ2v) is 5.63. The van der Waals surface area contributed by atoms with Gasteiger partial charge in [0.1, 0.15) is 0 Å². The van der Waals surface area contributed by atoms with E-state index < -0.39 is 10.9 Å². The molecule has 114 valence electrons. The van der Waals surface area contributed by atoms with Gasteiger partial charge in [-0.2, -0.15) is 0 Å². The number of alkyl halides is 1. The molecule has 22 heavy (non-hydrogen) atoms. The highest BCUT2D eigenvalue weighted by molar-refractivity contribution is 7.99. The zero-order chi connectivity index (χ0) is 16.1. The van der Waals surface area contributed by atoms with Gasteiger partial charge < -0.3 is 4.74 Å². The predicted molar refractivity (Wildman–Crippen MR) is 84.6 cm³/mol. The topological polar surface area (TPSA) is 69.4 Å². The lowest BCUT2D eigenvalue weighted by Crippen LogP contribution is -2.02. The molecule has 0 bridgehead atoms. The minimum atomic E-state index is -0.483. The summed E-state index contributed by atoms with van der Waals surface area (Å²) in [5.74, 6) is -0.284. The van der Waals surface area contributed by atoms with Crippen LogP contribution in [0.1, 0.15) is 15.9 Å². The predicted octanol–water partition coefficient (Wildman–Crippen LogP) is 4.27. The molecule has 0 saturated heterocycles.